The van der Waals surface area contributed by atoms with Gasteiger partial charge in [-0.2, -0.15) is 0 Å². The average Bonchev–Trinajstić information content (AvgIpc) is 1.91. The average molecular weight is 99.1 g/mol. The first-order valence-corrected chi connectivity index (χ1v) is 2.05. The molecule has 38 valence electrons. The molecule has 0 spiro atoms. The Morgan fingerprint density at radius 2 is 2.43 bits per heavy atom. The van der Waals surface area contributed by atoms with Crippen molar-refractivity contribution in [2.24, 2.45) is 0 Å². The predicted molar refractivity (Wildman–Crippen MR) is 23.3 cm³/mol. The number of rotatable bonds is 0. The molecule has 0 aromatic carbocycles. The van der Waals surface area contributed by atoms with Gasteiger partial charge in [-0.1, -0.05) is 0 Å². The Labute approximate surface area is 40.8 Å². The molecule has 0 bridgehead atoms. The predicted octanol–water partition coefficient (Wildman–Crippen LogP) is -0.0469. The van der Waals surface area contributed by atoms with Crippen LogP contribution < -0.4 is 0 Å². The minimum atomic E-state index is -0.458. The fourth-order valence-corrected chi connectivity index (χ4v) is 0.435. The van der Waals surface area contributed by atoms with Crippen LogP contribution in [-0.4, -0.2) is 18.3 Å². The fourth-order valence-electron chi connectivity index (χ4n) is 0.435. The zero-order valence-electron chi connectivity index (χ0n) is 3.73. The van der Waals surface area contributed by atoms with Crippen molar-refractivity contribution in [3.8, 4) is 0 Å². The molecule has 1 fully saturated rings. The van der Waals surface area contributed by atoms with Gasteiger partial charge < -0.3 is 4.74 Å². The van der Waals surface area contributed by atoms with Crippen LogP contribution in [-0.2, 0) is 9.53 Å². The summed E-state index contributed by atoms with van der Waals surface area (Å²) in [5, 5.41) is 6.78. The smallest absolute Gasteiger partial charge is 0.352 e. The van der Waals surface area contributed by atoms with Gasteiger partial charge in [0.2, 0.25) is 0 Å². The topological polar surface area (TPSA) is 50.1 Å². The van der Waals surface area contributed by atoms with E-state index in [1.807, 2.05) is 0 Å². The molecule has 1 rings (SSSR count). The van der Waals surface area contributed by atoms with E-state index in [0.717, 1.165) is 0 Å². The van der Waals surface area contributed by atoms with Gasteiger partial charge in [0.25, 0.3) is 0 Å². The van der Waals surface area contributed by atoms with Crippen LogP contribution in [0.3, 0.4) is 0 Å². The molecular formula is C4H5NO2. The van der Waals surface area contributed by atoms with E-state index in [-0.39, 0.29) is 5.71 Å². The molecule has 0 aromatic heterocycles. The van der Waals surface area contributed by atoms with E-state index in [0.29, 0.717) is 13.0 Å². The van der Waals surface area contributed by atoms with Crippen molar-refractivity contribution in [3.63, 3.8) is 0 Å². The van der Waals surface area contributed by atoms with E-state index in [2.05, 4.69) is 4.74 Å². The number of esters is 1. The highest BCUT2D eigenvalue weighted by Gasteiger charge is 2.17. The maximum atomic E-state index is 10.1. The second kappa shape index (κ2) is 1.33. The van der Waals surface area contributed by atoms with Crippen LogP contribution in [0.2, 0.25) is 0 Å². The van der Waals surface area contributed by atoms with Crippen molar-refractivity contribution in [3.05, 3.63) is 0 Å². The van der Waals surface area contributed by atoms with Gasteiger partial charge in [-0.3, -0.25) is 5.41 Å². The molecule has 3 heteroatoms. The number of hydrogen-bond donors (Lipinski definition) is 1. The van der Waals surface area contributed by atoms with Crippen LogP contribution in [0.1, 0.15) is 6.42 Å². The Bertz CT molecular complexity index is 105. The van der Waals surface area contributed by atoms with Crippen LogP contribution in [0.15, 0.2) is 0 Å². The highest BCUT2D eigenvalue weighted by atomic mass is 16.5. The van der Waals surface area contributed by atoms with Crippen LogP contribution in [0, 0.1) is 5.41 Å². The van der Waals surface area contributed by atoms with Gasteiger partial charge in [-0.25, -0.2) is 4.79 Å². The van der Waals surface area contributed by atoms with Gasteiger partial charge in [0.1, 0.15) is 5.71 Å². The zero-order chi connectivity index (χ0) is 5.28. The van der Waals surface area contributed by atoms with Gasteiger partial charge in [0.15, 0.2) is 0 Å². The molecule has 1 aliphatic rings. The van der Waals surface area contributed by atoms with Crippen molar-refractivity contribution in [2.45, 2.75) is 6.42 Å². The number of hydrogen-bond acceptors (Lipinski definition) is 3. The summed E-state index contributed by atoms with van der Waals surface area (Å²) < 4.78 is 4.40. The zero-order valence-corrected chi connectivity index (χ0v) is 3.73. The minimum absolute atomic E-state index is 0.0972. The van der Waals surface area contributed by atoms with E-state index in [4.69, 9.17) is 5.41 Å². The number of ether oxygens (including phenoxy) is 1. The summed E-state index contributed by atoms with van der Waals surface area (Å²) in [6.07, 6.45) is 0.485. The summed E-state index contributed by atoms with van der Waals surface area (Å²) in [6, 6.07) is 0. The van der Waals surface area contributed by atoms with Crippen molar-refractivity contribution >= 4 is 11.7 Å². The SMILES string of the molecule is N=C1CCOC1=O. The lowest BCUT2D eigenvalue weighted by molar-refractivity contribution is -0.132. The summed E-state index contributed by atoms with van der Waals surface area (Å²) in [4.78, 5) is 10.1. The maximum Gasteiger partial charge on any atom is 0.352 e. The van der Waals surface area contributed by atoms with Gasteiger partial charge in [0.05, 0.1) is 6.61 Å². The van der Waals surface area contributed by atoms with Gasteiger partial charge in [0, 0.05) is 6.42 Å². The molecule has 7 heavy (non-hydrogen) atoms. The lowest BCUT2D eigenvalue weighted by atomic mass is 10.3. The number of nitrogens with one attached hydrogen (secondary N) is 1. The van der Waals surface area contributed by atoms with Gasteiger partial charge >= 0.3 is 5.97 Å². The summed E-state index contributed by atoms with van der Waals surface area (Å²) in [7, 11) is 0. The molecule has 1 saturated heterocycles. The quantitative estimate of drug-likeness (QED) is 0.433. The van der Waals surface area contributed by atoms with Crippen LogP contribution in [0.25, 0.3) is 0 Å². The first kappa shape index (κ1) is 4.30. The highest BCUT2D eigenvalue weighted by Crippen LogP contribution is 1.97. The molecule has 0 radical (unpaired) electrons. The van der Waals surface area contributed by atoms with Crippen molar-refractivity contribution in [1.29, 1.82) is 5.41 Å². The first-order valence-electron chi connectivity index (χ1n) is 2.05. The van der Waals surface area contributed by atoms with E-state index >= 15 is 0 Å². The number of cyclic esters (lactones) is 1. The molecule has 1 N–H and O–H groups in total. The molecule has 1 aliphatic heterocycles. The monoisotopic (exact) mass is 99.0 g/mol. The Morgan fingerprint density at radius 3 is 2.57 bits per heavy atom. The molecule has 0 aliphatic carbocycles. The number of carbonyl (C=O) groups excluding carboxylic acids is 1. The summed E-state index contributed by atoms with van der Waals surface area (Å²) in [6.45, 7) is 0.400. The molecule has 3 nitrogen and oxygen atoms in total. The third-order valence-corrected chi connectivity index (χ3v) is 0.832. The highest BCUT2D eigenvalue weighted by molar-refractivity contribution is 6.36. The lowest BCUT2D eigenvalue weighted by Crippen LogP contribution is -2.02. The van der Waals surface area contributed by atoms with Crippen molar-refractivity contribution in [2.75, 3.05) is 6.61 Å². The largest absolute Gasteiger partial charge is 0.461 e. The van der Waals surface area contributed by atoms with E-state index < -0.39 is 5.97 Å². The van der Waals surface area contributed by atoms with E-state index in [1.54, 1.807) is 0 Å². The van der Waals surface area contributed by atoms with E-state index in [1.165, 1.54) is 0 Å². The van der Waals surface area contributed by atoms with Crippen LogP contribution in [0.5, 0.6) is 0 Å². The normalized spacial score (nSPS) is 20.0. The van der Waals surface area contributed by atoms with E-state index in [9.17, 15) is 4.79 Å². The molecule has 0 unspecified atom stereocenters. The Morgan fingerprint density at radius 1 is 1.71 bits per heavy atom. The Kier molecular flexibility index (Phi) is 0.817. The second-order valence-electron chi connectivity index (χ2n) is 1.36. The third-order valence-electron chi connectivity index (χ3n) is 0.832. The molecule has 0 aromatic rings. The van der Waals surface area contributed by atoms with Gasteiger partial charge in [-0.15, -0.1) is 0 Å². The third kappa shape index (κ3) is 0.607. The Hall–Kier alpha value is -0.860. The number of carbonyl (C=O) groups is 1. The molecule has 0 atom stereocenters. The fraction of sp³-hybridized carbons (Fsp3) is 0.500. The first-order chi connectivity index (χ1) is 3.30. The van der Waals surface area contributed by atoms with Crippen LogP contribution >= 0.6 is 0 Å². The van der Waals surface area contributed by atoms with Gasteiger partial charge in [-0.05, 0) is 0 Å². The second-order valence-corrected chi connectivity index (χ2v) is 1.36. The standard InChI is InChI=1S/C4H5NO2/c5-3-1-2-7-4(3)6/h5H,1-2H2. The summed E-state index contributed by atoms with van der Waals surface area (Å²) in [5.41, 5.74) is 0.0972. The lowest BCUT2D eigenvalue weighted by Gasteiger charge is -1.81. The molecule has 1 heterocycles. The Balaban J connectivity index is 2.65. The molecule has 0 amide bonds. The summed E-state index contributed by atoms with van der Waals surface area (Å²) in [5.74, 6) is -0.458. The van der Waals surface area contributed by atoms with Crippen LogP contribution in [0.4, 0.5) is 0 Å². The maximum absolute atomic E-state index is 10.1. The van der Waals surface area contributed by atoms with Crippen molar-refractivity contribution < 1.29 is 9.53 Å². The molecule has 0 saturated carbocycles. The minimum Gasteiger partial charge on any atom is -0.461 e. The molecular weight excluding hydrogens is 94.0 g/mol. The van der Waals surface area contributed by atoms with Crippen molar-refractivity contribution in [1.82, 2.24) is 0 Å². The summed E-state index contributed by atoms with van der Waals surface area (Å²) >= 11 is 0.